The van der Waals surface area contributed by atoms with Crippen molar-refractivity contribution in [3.63, 3.8) is 0 Å². The highest BCUT2D eigenvalue weighted by Crippen LogP contribution is 2.30. The number of benzene rings is 1. The van der Waals surface area contributed by atoms with Gasteiger partial charge in [0.1, 0.15) is 12.1 Å². The van der Waals surface area contributed by atoms with E-state index in [1.807, 2.05) is 0 Å². The molecule has 3 amide bonds. The summed E-state index contributed by atoms with van der Waals surface area (Å²) in [6, 6.07) is 3.11. The minimum absolute atomic E-state index is 0.0306. The van der Waals surface area contributed by atoms with Crippen LogP contribution in [0.1, 0.15) is 27.1 Å². The number of nitrogens with one attached hydrogen (secondary N) is 1. The van der Waals surface area contributed by atoms with Gasteiger partial charge in [-0.15, -0.1) is 0 Å². The lowest BCUT2D eigenvalue weighted by molar-refractivity contribution is -0.385. The van der Waals surface area contributed by atoms with Crippen LogP contribution in [0.2, 0.25) is 0 Å². The Labute approximate surface area is 141 Å². The summed E-state index contributed by atoms with van der Waals surface area (Å²) in [5, 5.41) is 13.5. The molecule has 11 heteroatoms. The molecule has 1 N–H and O–H groups in total. The van der Waals surface area contributed by atoms with E-state index in [1.165, 1.54) is 12.1 Å². The van der Waals surface area contributed by atoms with Crippen molar-refractivity contribution in [3.8, 4) is 0 Å². The van der Waals surface area contributed by atoms with Crippen LogP contribution in [0.15, 0.2) is 18.2 Å². The Balaban J connectivity index is 1.75. The number of hydrogen-bond donors (Lipinski definition) is 1. The van der Waals surface area contributed by atoms with Gasteiger partial charge in [0.15, 0.2) is 9.84 Å². The fourth-order valence-corrected chi connectivity index (χ4v) is 4.61. The van der Waals surface area contributed by atoms with Crippen LogP contribution in [0.5, 0.6) is 0 Å². The number of sulfone groups is 1. The van der Waals surface area contributed by atoms with Crippen molar-refractivity contribution in [3.05, 3.63) is 39.4 Å². The van der Waals surface area contributed by atoms with E-state index < -0.39 is 50.8 Å². The average molecular weight is 367 g/mol. The second-order valence-electron chi connectivity index (χ2n) is 5.82. The van der Waals surface area contributed by atoms with Gasteiger partial charge in [-0.05, 0) is 12.5 Å². The molecule has 1 saturated heterocycles. The molecule has 1 fully saturated rings. The standard InChI is InChI=1S/C14H13N3O7S/c18-11(15-8-4-5-25(23,24)7-8)6-16-13(19)9-2-1-3-10(17(21)22)12(9)14(16)20/h1-3,8H,4-7H2,(H,15,18)/t8-/m1/s1. The number of hydrogen-bond acceptors (Lipinski definition) is 7. The summed E-state index contributed by atoms with van der Waals surface area (Å²) in [6.45, 7) is -0.625. The Morgan fingerprint density at radius 1 is 1.32 bits per heavy atom. The van der Waals surface area contributed by atoms with Crippen molar-refractivity contribution >= 4 is 33.2 Å². The minimum Gasteiger partial charge on any atom is -0.351 e. The molecule has 2 aliphatic rings. The molecule has 0 spiro atoms. The highest BCUT2D eigenvalue weighted by molar-refractivity contribution is 7.91. The third-order valence-corrected chi connectivity index (χ3v) is 5.84. The fraction of sp³-hybridized carbons (Fsp3) is 0.357. The first-order chi connectivity index (χ1) is 11.7. The van der Waals surface area contributed by atoms with Crippen LogP contribution in [-0.4, -0.2) is 60.1 Å². The summed E-state index contributed by atoms with van der Waals surface area (Å²) in [7, 11) is -3.19. The zero-order valence-corrected chi connectivity index (χ0v) is 13.6. The highest BCUT2D eigenvalue weighted by Gasteiger charge is 2.42. The summed E-state index contributed by atoms with van der Waals surface area (Å²) in [5.41, 5.74) is -0.968. The van der Waals surface area contributed by atoms with Crippen molar-refractivity contribution in [1.82, 2.24) is 10.2 Å². The average Bonchev–Trinajstić information content (AvgIpc) is 2.99. The number of carbonyl (C=O) groups is 3. The molecule has 2 heterocycles. The molecule has 1 atom stereocenters. The second kappa shape index (κ2) is 5.92. The monoisotopic (exact) mass is 367 g/mol. The lowest BCUT2D eigenvalue weighted by Crippen LogP contribution is -2.44. The van der Waals surface area contributed by atoms with E-state index in [2.05, 4.69) is 5.32 Å². The fourth-order valence-electron chi connectivity index (χ4n) is 2.94. The SMILES string of the molecule is O=C(CN1C(=O)c2cccc([N+](=O)[O-])c2C1=O)N[C@@H]1CCS(=O)(=O)C1. The molecular weight excluding hydrogens is 354 g/mol. The Hall–Kier alpha value is -2.82. The maximum absolute atomic E-state index is 12.3. The molecule has 0 bridgehead atoms. The van der Waals surface area contributed by atoms with Gasteiger partial charge in [-0.1, -0.05) is 6.07 Å². The molecule has 0 aliphatic carbocycles. The molecule has 0 aromatic heterocycles. The predicted molar refractivity (Wildman–Crippen MR) is 83.7 cm³/mol. The Morgan fingerprint density at radius 2 is 2.04 bits per heavy atom. The van der Waals surface area contributed by atoms with Crippen molar-refractivity contribution in [2.24, 2.45) is 0 Å². The summed E-state index contributed by atoms with van der Waals surface area (Å²) < 4.78 is 22.8. The molecule has 10 nitrogen and oxygen atoms in total. The van der Waals surface area contributed by atoms with E-state index in [1.54, 1.807) is 0 Å². The lowest BCUT2D eigenvalue weighted by Gasteiger charge is -2.16. The van der Waals surface area contributed by atoms with E-state index in [9.17, 15) is 32.9 Å². The van der Waals surface area contributed by atoms with Gasteiger partial charge >= 0.3 is 0 Å². The zero-order chi connectivity index (χ0) is 18.4. The molecule has 2 aliphatic heterocycles. The summed E-state index contributed by atoms with van der Waals surface area (Å²) in [5.74, 6) is -2.62. The number of nitro groups is 1. The molecule has 0 unspecified atom stereocenters. The molecule has 0 radical (unpaired) electrons. The molecule has 1 aromatic rings. The van der Waals surface area contributed by atoms with E-state index >= 15 is 0 Å². The molecular formula is C14H13N3O7S. The van der Waals surface area contributed by atoms with E-state index in [0.29, 0.717) is 4.90 Å². The number of carbonyl (C=O) groups excluding carboxylic acids is 3. The largest absolute Gasteiger partial charge is 0.351 e. The minimum atomic E-state index is -3.19. The first-order valence-corrected chi connectivity index (χ1v) is 9.15. The Kier molecular flexibility index (Phi) is 4.03. The van der Waals surface area contributed by atoms with Gasteiger partial charge in [-0.3, -0.25) is 29.4 Å². The van der Waals surface area contributed by atoms with Gasteiger partial charge in [0.2, 0.25) is 5.91 Å². The number of amides is 3. The summed E-state index contributed by atoms with van der Waals surface area (Å²) >= 11 is 0. The van der Waals surface area contributed by atoms with Crippen LogP contribution in [0.4, 0.5) is 5.69 Å². The molecule has 3 rings (SSSR count). The maximum Gasteiger partial charge on any atom is 0.282 e. The van der Waals surface area contributed by atoms with Crippen molar-refractivity contribution in [2.45, 2.75) is 12.5 Å². The van der Waals surface area contributed by atoms with E-state index in [4.69, 9.17) is 0 Å². The van der Waals surface area contributed by atoms with Crippen LogP contribution in [0.25, 0.3) is 0 Å². The third kappa shape index (κ3) is 3.09. The lowest BCUT2D eigenvalue weighted by atomic mass is 10.1. The first-order valence-electron chi connectivity index (χ1n) is 7.33. The second-order valence-corrected chi connectivity index (χ2v) is 8.05. The number of nitrogens with zero attached hydrogens (tertiary/aromatic N) is 2. The molecule has 132 valence electrons. The Bertz CT molecular complexity index is 909. The molecule has 1 aromatic carbocycles. The highest BCUT2D eigenvalue weighted by atomic mass is 32.2. The van der Waals surface area contributed by atoms with Crippen molar-refractivity contribution in [2.75, 3.05) is 18.1 Å². The number of rotatable bonds is 4. The Morgan fingerprint density at radius 3 is 2.64 bits per heavy atom. The maximum atomic E-state index is 12.3. The van der Waals surface area contributed by atoms with Gasteiger partial charge in [0.25, 0.3) is 17.5 Å². The molecule has 0 saturated carbocycles. The van der Waals surface area contributed by atoms with E-state index in [-0.39, 0.29) is 29.1 Å². The van der Waals surface area contributed by atoms with Crippen molar-refractivity contribution < 1.29 is 27.7 Å². The van der Waals surface area contributed by atoms with Crippen LogP contribution >= 0.6 is 0 Å². The van der Waals surface area contributed by atoms with Gasteiger partial charge in [-0.2, -0.15) is 0 Å². The quantitative estimate of drug-likeness (QED) is 0.429. The van der Waals surface area contributed by atoms with Crippen LogP contribution in [-0.2, 0) is 14.6 Å². The normalized spacial score (nSPS) is 21.3. The van der Waals surface area contributed by atoms with Crippen LogP contribution < -0.4 is 5.32 Å². The van der Waals surface area contributed by atoms with Gasteiger partial charge in [0.05, 0.1) is 22.0 Å². The van der Waals surface area contributed by atoms with Gasteiger partial charge in [-0.25, -0.2) is 8.42 Å². The third-order valence-electron chi connectivity index (χ3n) is 4.07. The van der Waals surface area contributed by atoms with Gasteiger partial charge in [0, 0.05) is 12.1 Å². The summed E-state index contributed by atoms with van der Waals surface area (Å²) in [4.78, 5) is 47.5. The van der Waals surface area contributed by atoms with Crippen molar-refractivity contribution in [1.29, 1.82) is 0 Å². The first kappa shape index (κ1) is 17.0. The van der Waals surface area contributed by atoms with Crippen LogP contribution in [0.3, 0.4) is 0 Å². The number of imide groups is 1. The zero-order valence-electron chi connectivity index (χ0n) is 12.8. The number of fused-ring (bicyclic) bond motifs is 1. The van der Waals surface area contributed by atoms with E-state index in [0.717, 1.165) is 6.07 Å². The molecule has 25 heavy (non-hydrogen) atoms. The summed E-state index contributed by atoms with van der Waals surface area (Å²) in [6.07, 6.45) is 0.266. The topological polar surface area (TPSA) is 144 Å². The smallest absolute Gasteiger partial charge is 0.282 e. The van der Waals surface area contributed by atoms with Gasteiger partial charge < -0.3 is 5.32 Å². The number of nitro benzene ring substituents is 1. The van der Waals surface area contributed by atoms with Crippen LogP contribution in [0, 0.1) is 10.1 Å². The predicted octanol–water partition coefficient (Wildman–Crippen LogP) is -0.506.